The molecule has 0 saturated carbocycles. The topological polar surface area (TPSA) is 85.6 Å². The quantitative estimate of drug-likeness (QED) is 0.551. The Morgan fingerprint density at radius 3 is 2.77 bits per heavy atom. The standard InChI is InChI=1S/C18H18N4O3S/c1-11-12(2)26-17-16(11)18(24)22(10-19-17)9-15(23)21-20-8-13-4-6-14(25-3)7-5-13/h4-8,10H,9H2,1-3H3,(H,21,23)/b20-8-. The first-order chi connectivity index (χ1) is 12.5. The average molecular weight is 370 g/mol. The molecule has 0 spiro atoms. The van der Waals surface area contributed by atoms with Crippen LogP contribution in [0.3, 0.4) is 0 Å². The second-order valence-corrected chi connectivity index (χ2v) is 6.91. The summed E-state index contributed by atoms with van der Waals surface area (Å²) in [6.45, 7) is 3.70. The van der Waals surface area contributed by atoms with Gasteiger partial charge in [-0.15, -0.1) is 11.3 Å². The molecule has 2 heterocycles. The van der Waals surface area contributed by atoms with E-state index in [4.69, 9.17) is 4.74 Å². The minimum atomic E-state index is -0.400. The average Bonchev–Trinajstić information content (AvgIpc) is 2.93. The van der Waals surface area contributed by atoms with Crippen molar-refractivity contribution in [3.05, 3.63) is 57.0 Å². The summed E-state index contributed by atoms with van der Waals surface area (Å²) in [7, 11) is 1.59. The summed E-state index contributed by atoms with van der Waals surface area (Å²) in [6, 6.07) is 7.24. The van der Waals surface area contributed by atoms with Crippen LogP contribution >= 0.6 is 11.3 Å². The first-order valence-corrected chi connectivity index (χ1v) is 8.72. The zero-order chi connectivity index (χ0) is 18.7. The third kappa shape index (κ3) is 3.65. The van der Waals surface area contributed by atoms with E-state index >= 15 is 0 Å². The van der Waals surface area contributed by atoms with Crippen LogP contribution in [0.1, 0.15) is 16.0 Å². The van der Waals surface area contributed by atoms with Crippen molar-refractivity contribution >= 4 is 33.7 Å². The number of ether oxygens (including phenoxy) is 1. The van der Waals surface area contributed by atoms with Crippen LogP contribution in [0.4, 0.5) is 0 Å². The molecule has 0 aliphatic rings. The van der Waals surface area contributed by atoms with Gasteiger partial charge in [0.25, 0.3) is 11.5 Å². The van der Waals surface area contributed by atoms with Gasteiger partial charge in [-0.1, -0.05) is 0 Å². The van der Waals surface area contributed by atoms with Crippen molar-refractivity contribution < 1.29 is 9.53 Å². The predicted molar refractivity (Wildman–Crippen MR) is 102 cm³/mol. The van der Waals surface area contributed by atoms with Gasteiger partial charge in [-0.25, -0.2) is 10.4 Å². The van der Waals surface area contributed by atoms with Gasteiger partial charge >= 0.3 is 0 Å². The van der Waals surface area contributed by atoms with Crippen LogP contribution in [-0.2, 0) is 11.3 Å². The highest BCUT2D eigenvalue weighted by Crippen LogP contribution is 2.25. The largest absolute Gasteiger partial charge is 0.497 e. The van der Waals surface area contributed by atoms with Crippen molar-refractivity contribution in [1.82, 2.24) is 15.0 Å². The molecule has 0 radical (unpaired) electrons. The number of nitrogens with zero attached hydrogens (tertiary/aromatic N) is 3. The summed E-state index contributed by atoms with van der Waals surface area (Å²) < 4.78 is 6.37. The van der Waals surface area contributed by atoms with Gasteiger partial charge in [-0.2, -0.15) is 5.10 Å². The molecule has 26 heavy (non-hydrogen) atoms. The first-order valence-electron chi connectivity index (χ1n) is 7.90. The number of carbonyl (C=O) groups excluding carboxylic acids is 1. The second kappa shape index (κ2) is 7.49. The monoisotopic (exact) mass is 370 g/mol. The molecule has 134 valence electrons. The molecule has 1 aromatic carbocycles. The third-order valence-electron chi connectivity index (χ3n) is 3.99. The molecule has 0 fully saturated rings. The van der Waals surface area contributed by atoms with Crippen molar-refractivity contribution in [2.75, 3.05) is 7.11 Å². The molecule has 0 saturated heterocycles. The van der Waals surface area contributed by atoms with Crippen molar-refractivity contribution in [3.63, 3.8) is 0 Å². The number of hydrazone groups is 1. The van der Waals surface area contributed by atoms with Crippen LogP contribution in [-0.4, -0.2) is 28.8 Å². The number of hydrogen-bond donors (Lipinski definition) is 1. The molecule has 1 amide bonds. The summed E-state index contributed by atoms with van der Waals surface area (Å²) in [5, 5.41) is 4.48. The highest BCUT2D eigenvalue weighted by molar-refractivity contribution is 7.18. The number of benzene rings is 1. The third-order valence-corrected chi connectivity index (χ3v) is 5.10. The zero-order valence-corrected chi connectivity index (χ0v) is 15.5. The molecule has 8 heteroatoms. The van der Waals surface area contributed by atoms with Gasteiger partial charge < -0.3 is 4.74 Å². The van der Waals surface area contributed by atoms with E-state index in [2.05, 4.69) is 15.5 Å². The Morgan fingerprint density at radius 1 is 1.35 bits per heavy atom. The van der Waals surface area contributed by atoms with E-state index < -0.39 is 5.91 Å². The van der Waals surface area contributed by atoms with Crippen LogP contribution < -0.4 is 15.7 Å². The smallest absolute Gasteiger partial charge is 0.262 e. The molecular formula is C18H18N4O3S. The number of rotatable bonds is 5. The number of nitrogens with one attached hydrogen (secondary N) is 1. The van der Waals surface area contributed by atoms with Gasteiger partial charge in [0.1, 0.15) is 17.1 Å². The minimum Gasteiger partial charge on any atom is -0.497 e. The number of fused-ring (bicyclic) bond motifs is 1. The molecule has 2 aromatic heterocycles. The number of methoxy groups -OCH3 is 1. The van der Waals surface area contributed by atoms with Gasteiger partial charge in [0.05, 0.1) is 25.0 Å². The number of carbonyl (C=O) groups is 1. The predicted octanol–water partition coefficient (Wildman–Crippen LogP) is 2.23. The number of hydrogen-bond acceptors (Lipinski definition) is 6. The Balaban J connectivity index is 1.69. The summed E-state index contributed by atoms with van der Waals surface area (Å²) in [5.41, 5.74) is 3.93. The lowest BCUT2D eigenvalue weighted by atomic mass is 10.2. The van der Waals surface area contributed by atoms with E-state index in [0.717, 1.165) is 21.8 Å². The van der Waals surface area contributed by atoms with E-state index in [-0.39, 0.29) is 12.1 Å². The first kappa shape index (κ1) is 17.8. The Kier molecular flexibility index (Phi) is 5.13. The highest BCUT2D eigenvalue weighted by atomic mass is 32.1. The molecule has 0 aliphatic heterocycles. The fourth-order valence-electron chi connectivity index (χ4n) is 2.44. The maximum atomic E-state index is 12.6. The van der Waals surface area contributed by atoms with Crippen LogP contribution in [0.15, 0.2) is 40.5 Å². The number of thiophene rings is 1. The van der Waals surface area contributed by atoms with E-state index in [1.807, 2.05) is 26.0 Å². The molecule has 3 aromatic rings. The summed E-state index contributed by atoms with van der Waals surface area (Å²) >= 11 is 1.48. The molecule has 0 aliphatic carbocycles. The Bertz CT molecular complexity index is 1040. The zero-order valence-electron chi connectivity index (χ0n) is 14.6. The molecule has 0 unspecified atom stereocenters. The van der Waals surface area contributed by atoms with Crippen LogP contribution in [0, 0.1) is 13.8 Å². The van der Waals surface area contributed by atoms with Gasteiger partial charge in [0.15, 0.2) is 0 Å². The second-order valence-electron chi connectivity index (χ2n) is 5.71. The van der Waals surface area contributed by atoms with Gasteiger partial charge in [0.2, 0.25) is 0 Å². The molecular weight excluding hydrogens is 352 g/mol. The van der Waals surface area contributed by atoms with E-state index in [0.29, 0.717) is 10.2 Å². The fourth-order valence-corrected chi connectivity index (χ4v) is 3.43. The number of aromatic nitrogens is 2. The molecule has 0 atom stereocenters. The van der Waals surface area contributed by atoms with Crippen LogP contribution in [0.25, 0.3) is 10.2 Å². The van der Waals surface area contributed by atoms with Crippen LogP contribution in [0.2, 0.25) is 0 Å². The summed E-state index contributed by atoms with van der Waals surface area (Å²) in [6.07, 6.45) is 2.92. The minimum absolute atomic E-state index is 0.143. The number of amides is 1. The number of aryl methyl sites for hydroxylation is 2. The molecule has 1 N–H and O–H groups in total. The van der Waals surface area contributed by atoms with Crippen molar-refractivity contribution in [1.29, 1.82) is 0 Å². The van der Waals surface area contributed by atoms with Crippen molar-refractivity contribution in [3.8, 4) is 5.75 Å². The lowest BCUT2D eigenvalue weighted by Gasteiger charge is -2.04. The van der Waals surface area contributed by atoms with E-state index in [9.17, 15) is 9.59 Å². The van der Waals surface area contributed by atoms with Crippen molar-refractivity contribution in [2.45, 2.75) is 20.4 Å². The lowest BCUT2D eigenvalue weighted by Crippen LogP contribution is -2.30. The SMILES string of the molecule is COc1ccc(/C=N\NC(=O)Cn2cnc3sc(C)c(C)c3c2=O)cc1. The Morgan fingerprint density at radius 2 is 2.08 bits per heavy atom. The molecule has 7 nitrogen and oxygen atoms in total. The maximum Gasteiger partial charge on any atom is 0.262 e. The molecule has 0 bridgehead atoms. The normalized spacial score (nSPS) is 11.2. The highest BCUT2D eigenvalue weighted by Gasteiger charge is 2.13. The molecule has 3 rings (SSSR count). The van der Waals surface area contributed by atoms with Gasteiger partial charge in [-0.05, 0) is 49.2 Å². The van der Waals surface area contributed by atoms with E-state index in [1.165, 1.54) is 28.4 Å². The van der Waals surface area contributed by atoms with E-state index in [1.54, 1.807) is 19.2 Å². The Hall–Kier alpha value is -3.00. The van der Waals surface area contributed by atoms with Crippen molar-refractivity contribution in [2.24, 2.45) is 5.10 Å². The Labute approximate surface area is 154 Å². The van der Waals surface area contributed by atoms with Crippen LogP contribution in [0.5, 0.6) is 5.75 Å². The maximum absolute atomic E-state index is 12.6. The van der Waals surface area contributed by atoms with Gasteiger partial charge in [-0.3, -0.25) is 14.2 Å². The summed E-state index contributed by atoms with van der Waals surface area (Å²) in [5.74, 6) is 0.343. The summed E-state index contributed by atoms with van der Waals surface area (Å²) in [4.78, 5) is 30.6. The van der Waals surface area contributed by atoms with Gasteiger partial charge in [0, 0.05) is 4.88 Å². The lowest BCUT2D eigenvalue weighted by molar-refractivity contribution is -0.121. The fraction of sp³-hybridized carbons (Fsp3) is 0.222.